The van der Waals surface area contributed by atoms with Gasteiger partial charge in [-0.2, -0.15) is 0 Å². The zero-order chi connectivity index (χ0) is 24.8. The first-order valence-electron chi connectivity index (χ1n) is 11.2. The summed E-state index contributed by atoms with van der Waals surface area (Å²) >= 11 is 0. The number of carbonyl (C=O) groups excluding carboxylic acids is 3. The molecule has 1 saturated heterocycles. The van der Waals surface area contributed by atoms with Gasteiger partial charge in [0.2, 0.25) is 5.54 Å². The average molecular weight is 474 g/mol. The molecule has 0 aromatic heterocycles. The molecule has 8 heteroatoms. The highest BCUT2D eigenvalue weighted by Crippen LogP contribution is 2.26. The summed E-state index contributed by atoms with van der Waals surface area (Å²) in [6, 6.07) is 23.0. The van der Waals surface area contributed by atoms with Gasteiger partial charge >= 0.3 is 6.03 Å². The largest absolute Gasteiger partial charge is 0.497 e. The molecule has 0 unspecified atom stereocenters. The van der Waals surface area contributed by atoms with Crippen LogP contribution in [-0.2, 0) is 29.1 Å². The highest BCUT2D eigenvalue weighted by molar-refractivity contribution is 6.20. The molecule has 0 aliphatic carbocycles. The lowest BCUT2D eigenvalue weighted by atomic mass is 9.89. The molecule has 1 aliphatic rings. The number of rotatable bonds is 9. The smallest absolute Gasteiger partial charge is 0.325 e. The molecule has 180 valence electrons. The lowest BCUT2D eigenvalue weighted by Gasteiger charge is -2.26. The second-order valence-electron chi connectivity index (χ2n) is 8.28. The van der Waals surface area contributed by atoms with Gasteiger partial charge in [-0.1, -0.05) is 60.7 Å². The van der Waals surface area contributed by atoms with Crippen molar-refractivity contribution in [2.45, 2.75) is 25.0 Å². The predicted molar refractivity (Wildman–Crippen MR) is 130 cm³/mol. The maximum absolute atomic E-state index is 13.6. The molecule has 1 aliphatic heterocycles. The Morgan fingerprint density at radius 1 is 0.857 bits per heavy atom. The summed E-state index contributed by atoms with van der Waals surface area (Å²) in [5.74, 6) is -0.0215. The zero-order valence-electron chi connectivity index (χ0n) is 19.6. The third-order valence-corrected chi connectivity index (χ3v) is 5.92. The second-order valence-corrected chi connectivity index (χ2v) is 8.28. The van der Waals surface area contributed by atoms with E-state index in [4.69, 9.17) is 9.47 Å². The topological polar surface area (TPSA) is 97.0 Å². The molecular weight excluding hydrogens is 446 g/mol. The minimum atomic E-state index is -1.77. The van der Waals surface area contributed by atoms with Crippen molar-refractivity contribution in [1.82, 2.24) is 15.5 Å². The third-order valence-electron chi connectivity index (χ3n) is 5.92. The van der Waals surface area contributed by atoms with Crippen LogP contribution >= 0.6 is 0 Å². The fourth-order valence-corrected chi connectivity index (χ4v) is 4.09. The zero-order valence-corrected chi connectivity index (χ0v) is 19.6. The minimum Gasteiger partial charge on any atom is -0.497 e. The van der Waals surface area contributed by atoms with Gasteiger partial charge in [-0.15, -0.1) is 0 Å². The number of nitrogens with zero attached hydrogens (tertiary/aromatic N) is 1. The first kappa shape index (κ1) is 23.8. The van der Waals surface area contributed by atoms with E-state index >= 15 is 0 Å². The molecule has 1 heterocycles. The van der Waals surface area contributed by atoms with Crippen molar-refractivity contribution in [2.75, 3.05) is 14.2 Å². The maximum atomic E-state index is 13.6. The van der Waals surface area contributed by atoms with Gasteiger partial charge in [-0.05, 0) is 28.8 Å². The molecule has 1 atom stereocenters. The number of imide groups is 1. The standard InChI is InChI=1S/C27H27N3O5/c1-34-22-13-21(14-23(15-22)35-2)17-28-24(31)27(16-19-9-5-3-6-10-19)25(32)30(26(33)29-27)18-20-11-7-4-8-12-20/h3-15H,16-18H2,1-2H3,(H,28,31)(H,29,33)/t27-/m1/s1. The Morgan fingerprint density at radius 3 is 2.00 bits per heavy atom. The van der Waals surface area contributed by atoms with Crippen molar-refractivity contribution < 1.29 is 23.9 Å². The number of nitrogens with one attached hydrogen (secondary N) is 2. The first-order chi connectivity index (χ1) is 16.9. The van der Waals surface area contributed by atoms with E-state index in [0.717, 1.165) is 21.6 Å². The van der Waals surface area contributed by atoms with Crippen molar-refractivity contribution >= 4 is 17.8 Å². The summed E-state index contributed by atoms with van der Waals surface area (Å²) in [5, 5.41) is 5.52. The Morgan fingerprint density at radius 2 is 1.43 bits per heavy atom. The quantitative estimate of drug-likeness (QED) is 0.368. The van der Waals surface area contributed by atoms with Gasteiger partial charge in [0, 0.05) is 19.0 Å². The second kappa shape index (κ2) is 10.3. The molecule has 4 amide bonds. The minimum absolute atomic E-state index is 0.0248. The van der Waals surface area contributed by atoms with Gasteiger partial charge in [0.15, 0.2) is 0 Å². The van der Waals surface area contributed by atoms with Gasteiger partial charge in [0.25, 0.3) is 11.8 Å². The molecule has 1 fully saturated rings. The van der Waals surface area contributed by atoms with Crippen LogP contribution in [0.15, 0.2) is 78.9 Å². The molecule has 0 bridgehead atoms. The van der Waals surface area contributed by atoms with Crippen LogP contribution in [-0.4, -0.2) is 42.5 Å². The van der Waals surface area contributed by atoms with E-state index in [0.29, 0.717) is 11.5 Å². The van der Waals surface area contributed by atoms with Gasteiger partial charge < -0.3 is 20.1 Å². The van der Waals surface area contributed by atoms with Crippen LogP contribution in [0.5, 0.6) is 11.5 Å². The Bertz CT molecular complexity index is 1190. The number of carbonyl (C=O) groups is 3. The van der Waals surface area contributed by atoms with E-state index in [-0.39, 0.29) is 19.5 Å². The lowest BCUT2D eigenvalue weighted by molar-refractivity contribution is -0.140. The van der Waals surface area contributed by atoms with E-state index in [1.54, 1.807) is 32.4 Å². The third kappa shape index (κ3) is 5.11. The van der Waals surface area contributed by atoms with Crippen LogP contribution in [0.4, 0.5) is 4.79 Å². The molecule has 0 spiro atoms. The van der Waals surface area contributed by atoms with E-state index in [1.807, 2.05) is 60.7 Å². The number of methoxy groups -OCH3 is 2. The van der Waals surface area contributed by atoms with Gasteiger partial charge in [0.05, 0.1) is 20.8 Å². The molecular formula is C27H27N3O5. The molecule has 35 heavy (non-hydrogen) atoms. The van der Waals surface area contributed by atoms with Crippen molar-refractivity contribution in [3.05, 3.63) is 95.6 Å². The number of benzene rings is 3. The molecule has 0 radical (unpaired) electrons. The van der Waals surface area contributed by atoms with Gasteiger partial charge in [-0.3, -0.25) is 14.5 Å². The van der Waals surface area contributed by atoms with Crippen LogP contribution in [0.3, 0.4) is 0 Å². The normalized spacial score (nSPS) is 17.1. The Labute approximate surface area is 203 Å². The van der Waals surface area contributed by atoms with Crippen LogP contribution < -0.4 is 20.1 Å². The van der Waals surface area contributed by atoms with Gasteiger partial charge in [0.1, 0.15) is 11.5 Å². The van der Waals surface area contributed by atoms with Crippen molar-refractivity contribution in [3.8, 4) is 11.5 Å². The first-order valence-corrected chi connectivity index (χ1v) is 11.2. The van der Waals surface area contributed by atoms with Crippen molar-refractivity contribution in [3.63, 3.8) is 0 Å². The summed E-state index contributed by atoms with van der Waals surface area (Å²) in [6.45, 7) is 0.188. The van der Waals surface area contributed by atoms with E-state index < -0.39 is 23.4 Å². The fraction of sp³-hybridized carbons (Fsp3) is 0.222. The maximum Gasteiger partial charge on any atom is 0.325 e. The summed E-state index contributed by atoms with van der Waals surface area (Å²) < 4.78 is 10.6. The molecule has 8 nitrogen and oxygen atoms in total. The van der Waals surface area contributed by atoms with Crippen molar-refractivity contribution in [2.24, 2.45) is 0 Å². The van der Waals surface area contributed by atoms with Crippen molar-refractivity contribution in [1.29, 1.82) is 0 Å². The van der Waals surface area contributed by atoms with E-state index in [2.05, 4.69) is 10.6 Å². The highest BCUT2D eigenvalue weighted by Gasteiger charge is 2.56. The molecule has 4 rings (SSSR count). The summed E-state index contributed by atoms with van der Waals surface area (Å²) in [6.07, 6.45) is 0.0248. The van der Waals surface area contributed by atoms with Crippen LogP contribution in [0, 0.1) is 0 Å². The average Bonchev–Trinajstić information content (AvgIpc) is 3.13. The predicted octanol–water partition coefficient (Wildman–Crippen LogP) is 3.05. The number of hydrogen-bond donors (Lipinski definition) is 2. The Kier molecular flexibility index (Phi) is 7.01. The van der Waals surface area contributed by atoms with Crippen LogP contribution in [0.2, 0.25) is 0 Å². The van der Waals surface area contributed by atoms with E-state index in [9.17, 15) is 14.4 Å². The Hall–Kier alpha value is -4.33. The van der Waals surface area contributed by atoms with Gasteiger partial charge in [-0.25, -0.2) is 4.79 Å². The summed E-state index contributed by atoms with van der Waals surface area (Å²) in [7, 11) is 3.08. The Balaban J connectivity index is 1.61. The molecule has 0 saturated carbocycles. The SMILES string of the molecule is COc1cc(CNC(=O)[C@@]2(Cc3ccccc3)NC(=O)N(Cc3ccccc3)C2=O)cc(OC)c1. The van der Waals surface area contributed by atoms with Crippen LogP contribution in [0.25, 0.3) is 0 Å². The lowest BCUT2D eigenvalue weighted by Crippen LogP contribution is -2.60. The molecule has 2 N–H and O–H groups in total. The fourth-order valence-electron chi connectivity index (χ4n) is 4.09. The van der Waals surface area contributed by atoms with Crippen LogP contribution in [0.1, 0.15) is 16.7 Å². The molecule has 3 aromatic rings. The number of urea groups is 1. The molecule has 3 aromatic carbocycles. The summed E-state index contributed by atoms with van der Waals surface area (Å²) in [5.41, 5.74) is 0.495. The van der Waals surface area contributed by atoms with E-state index in [1.165, 1.54) is 0 Å². The highest BCUT2D eigenvalue weighted by atomic mass is 16.5. The number of ether oxygens (including phenoxy) is 2. The monoisotopic (exact) mass is 473 g/mol. The number of amides is 4. The summed E-state index contributed by atoms with van der Waals surface area (Å²) in [4.78, 5) is 41.2. The number of hydrogen-bond acceptors (Lipinski definition) is 5.